The van der Waals surface area contributed by atoms with E-state index in [0.29, 0.717) is 25.4 Å². The Morgan fingerprint density at radius 3 is 2.85 bits per heavy atom. The minimum absolute atomic E-state index is 0.0272. The predicted octanol–water partition coefficient (Wildman–Crippen LogP) is 1.37. The number of nitrogens with two attached hydrogens (primary N) is 1. The molecule has 6 heteroatoms. The minimum Gasteiger partial charge on any atom is -0.378 e. The molecular formula is C14H24N4O2. The number of nitrogens with one attached hydrogen (secondary N) is 1. The Bertz CT molecular complexity index is 497. The molecule has 0 radical (unpaired) electrons. The van der Waals surface area contributed by atoms with Gasteiger partial charge in [-0.15, -0.1) is 0 Å². The number of aromatic nitrogens is 2. The second kappa shape index (κ2) is 5.18. The lowest BCUT2D eigenvalue weighted by molar-refractivity contribution is -0.166. The fourth-order valence-corrected chi connectivity index (χ4v) is 2.74. The molecule has 1 aliphatic carbocycles. The van der Waals surface area contributed by atoms with Crippen LogP contribution in [0.4, 0.5) is 5.82 Å². The van der Waals surface area contributed by atoms with Gasteiger partial charge in [-0.25, -0.2) is 4.68 Å². The van der Waals surface area contributed by atoms with Crippen molar-refractivity contribution >= 4 is 11.7 Å². The van der Waals surface area contributed by atoms with Crippen molar-refractivity contribution in [1.29, 1.82) is 0 Å². The summed E-state index contributed by atoms with van der Waals surface area (Å²) >= 11 is 0. The number of carbonyl (C=O) groups excluding carboxylic acids is 1. The van der Waals surface area contributed by atoms with Crippen molar-refractivity contribution in [3.05, 3.63) is 12.3 Å². The van der Waals surface area contributed by atoms with Crippen molar-refractivity contribution in [3.8, 4) is 0 Å². The van der Waals surface area contributed by atoms with Crippen LogP contribution in [0.3, 0.4) is 0 Å². The SMILES string of the molecule is CCOC1CC(N)(C(=O)Nc2ccnn2CC)C1(C)C. The van der Waals surface area contributed by atoms with Crippen molar-refractivity contribution < 1.29 is 9.53 Å². The molecule has 1 aromatic heterocycles. The van der Waals surface area contributed by atoms with Gasteiger partial charge in [0.15, 0.2) is 0 Å². The smallest absolute Gasteiger partial charge is 0.246 e. The molecule has 3 N–H and O–H groups in total. The molecule has 0 saturated heterocycles. The lowest BCUT2D eigenvalue weighted by atomic mass is 9.54. The predicted molar refractivity (Wildman–Crippen MR) is 77.3 cm³/mol. The summed E-state index contributed by atoms with van der Waals surface area (Å²) in [7, 11) is 0. The first-order valence-electron chi connectivity index (χ1n) is 7.10. The summed E-state index contributed by atoms with van der Waals surface area (Å²) in [5.74, 6) is 0.506. The zero-order valence-electron chi connectivity index (χ0n) is 12.6. The molecule has 2 atom stereocenters. The first kappa shape index (κ1) is 15.0. The molecule has 0 spiro atoms. The van der Waals surface area contributed by atoms with Crippen molar-refractivity contribution in [1.82, 2.24) is 9.78 Å². The standard InChI is InChI=1S/C14H24N4O2/c1-5-18-11(7-8-16-18)17-12(19)14(15)9-10(20-6-2)13(14,3)4/h7-8,10H,5-6,9,15H2,1-4H3,(H,17,19). The first-order valence-corrected chi connectivity index (χ1v) is 7.10. The van der Waals surface area contributed by atoms with E-state index in [4.69, 9.17) is 10.5 Å². The van der Waals surface area contributed by atoms with E-state index in [-0.39, 0.29) is 17.4 Å². The summed E-state index contributed by atoms with van der Waals surface area (Å²) in [4.78, 5) is 12.5. The van der Waals surface area contributed by atoms with E-state index in [1.807, 2.05) is 27.7 Å². The van der Waals surface area contributed by atoms with Gasteiger partial charge in [-0.1, -0.05) is 13.8 Å². The lowest BCUT2D eigenvalue weighted by Gasteiger charge is -2.57. The van der Waals surface area contributed by atoms with Crippen LogP contribution in [0.5, 0.6) is 0 Å². The Labute approximate surface area is 119 Å². The van der Waals surface area contributed by atoms with Gasteiger partial charge >= 0.3 is 0 Å². The third kappa shape index (κ3) is 2.13. The van der Waals surface area contributed by atoms with Crippen molar-refractivity contribution in [2.75, 3.05) is 11.9 Å². The van der Waals surface area contributed by atoms with Crippen LogP contribution in [-0.4, -0.2) is 33.9 Å². The van der Waals surface area contributed by atoms with Crippen LogP contribution >= 0.6 is 0 Å². The Morgan fingerprint density at radius 1 is 1.60 bits per heavy atom. The molecule has 1 heterocycles. The number of aryl methyl sites for hydroxylation is 1. The van der Waals surface area contributed by atoms with Crippen molar-refractivity contribution in [2.45, 2.75) is 52.3 Å². The van der Waals surface area contributed by atoms with Crippen LogP contribution in [0.1, 0.15) is 34.1 Å². The lowest BCUT2D eigenvalue weighted by Crippen LogP contribution is -2.74. The van der Waals surface area contributed by atoms with Crippen LogP contribution in [-0.2, 0) is 16.1 Å². The summed E-state index contributed by atoms with van der Waals surface area (Å²) in [6.45, 7) is 9.21. The number of anilines is 1. The number of hydrogen-bond acceptors (Lipinski definition) is 4. The molecule has 20 heavy (non-hydrogen) atoms. The van der Waals surface area contributed by atoms with E-state index in [1.165, 1.54) is 0 Å². The molecule has 0 aromatic carbocycles. The third-order valence-electron chi connectivity index (χ3n) is 4.49. The molecule has 1 aliphatic rings. The van der Waals surface area contributed by atoms with E-state index < -0.39 is 5.54 Å². The summed E-state index contributed by atoms with van der Waals surface area (Å²) in [5.41, 5.74) is 5.04. The second-order valence-electron chi connectivity index (χ2n) is 5.83. The largest absolute Gasteiger partial charge is 0.378 e. The quantitative estimate of drug-likeness (QED) is 0.853. The van der Waals surface area contributed by atoms with Gasteiger partial charge in [-0.2, -0.15) is 5.10 Å². The number of amides is 1. The van der Waals surface area contributed by atoms with Gasteiger partial charge < -0.3 is 15.8 Å². The van der Waals surface area contributed by atoms with Gasteiger partial charge in [0.1, 0.15) is 11.4 Å². The zero-order valence-corrected chi connectivity index (χ0v) is 12.6. The zero-order chi connectivity index (χ0) is 15.0. The van der Waals surface area contributed by atoms with Gasteiger partial charge in [-0.3, -0.25) is 4.79 Å². The minimum atomic E-state index is -0.907. The van der Waals surface area contributed by atoms with Gasteiger partial charge in [0.05, 0.1) is 12.3 Å². The molecule has 2 unspecified atom stereocenters. The molecule has 112 valence electrons. The molecule has 1 aromatic rings. The Kier molecular flexibility index (Phi) is 3.88. The molecule has 0 bridgehead atoms. The van der Waals surface area contributed by atoms with Crippen LogP contribution in [0.25, 0.3) is 0 Å². The summed E-state index contributed by atoms with van der Waals surface area (Å²) in [6, 6.07) is 1.77. The van der Waals surface area contributed by atoms with Crippen LogP contribution in [0, 0.1) is 5.41 Å². The number of ether oxygens (including phenoxy) is 1. The fraction of sp³-hybridized carbons (Fsp3) is 0.714. The molecular weight excluding hydrogens is 256 g/mol. The molecule has 1 fully saturated rings. The highest BCUT2D eigenvalue weighted by Gasteiger charge is 2.62. The van der Waals surface area contributed by atoms with Crippen LogP contribution < -0.4 is 11.1 Å². The monoisotopic (exact) mass is 280 g/mol. The van der Waals surface area contributed by atoms with Gasteiger partial charge in [0.25, 0.3) is 0 Å². The molecule has 1 amide bonds. The third-order valence-corrected chi connectivity index (χ3v) is 4.49. The summed E-state index contributed by atoms with van der Waals surface area (Å²) in [6.07, 6.45) is 2.23. The van der Waals surface area contributed by atoms with E-state index in [1.54, 1.807) is 16.9 Å². The normalized spacial score (nSPS) is 27.9. The average Bonchev–Trinajstić information content (AvgIpc) is 2.85. The summed E-state index contributed by atoms with van der Waals surface area (Å²) in [5, 5.41) is 7.01. The number of rotatable bonds is 5. The maximum atomic E-state index is 12.5. The highest BCUT2D eigenvalue weighted by atomic mass is 16.5. The second-order valence-corrected chi connectivity index (χ2v) is 5.83. The highest BCUT2D eigenvalue weighted by molar-refractivity contribution is 5.99. The van der Waals surface area contributed by atoms with Crippen molar-refractivity contribution in [3.63, 3.8) is 0 Å². The van der Waals surface area contributed by atoms with E-state index in [9.17, 15) is 4.79 Å². The maximum absolute atomic E-state index is 12.5. The number of nitrogens with zero attached hydrogens (tertiary/aromatic N) is 2. The molecule has 0 aliphatic heterocycles. The topological polar surface area (TPSA) is 82.2 Å². The Morgan fingerprint density at radius 2 is 2.30 bits per heavy atom. The van der Waals surface area contributed by atoms with Gasteiger partial charge in [0, 0.05) is 31.1 Å². The summed E-state index contributed by atoms with van der Waals surface area (Å²) < 4.78 is 7.37. The Hall–Kier alpha value is -1.40. The maximum Gasteiger partial charge on any atom is 0.246 e. The van der Waals surface area contributed by atoms with E-state index >= 15 is 0 Å². The van der Waals surface area contributed by atoms with Gasteiger partial charge in [0.2, 0.25) is 5.91 Å². The number of hydrogen-bond donors (Lipinski definition) is 2. The first-order chi connectivity index (χ1) is 9.36. The van der Waals surface area contributed by atoms with Gasteiger partial charge in [-0.05, 0) is 13.8 Å². The van der Waals surface area contributed by atoms with E-state index in [2.05, 4.69) is 10.4 Å². The van der Waals surface area contributed by atoms with Crippen LogP contribution in [0.2, 0.25) is 0 Å². The molecule has 6 nitrogen and oxygen atoms in total. The fourth-order valence-electron chi connectivity index (χ4n) is 2.74. The van der Waals surface area contributed by atoms with Crippen LogP contribution in [0.15, 0.2) is 12.3 Å². The molecule has 2 rings (SSSR count). The molecule has 1 saturated carbocycles. The van der Waals surface area contributed by atoms with E-state index in [0.717, 1.165) is 0 Å². The number of carbonyl (C=O) groups is 1. The average molecular weight is 280 g/mol. The van der Waals surface area contributed by atoms with Crippen molar-refractivity contribution in [2.24, 2.45) is 11.1 Å². The Balaban J connectivity index is 2.10. The highest BCUT2D eigenvalue weighted by Crippen LogP contribution is 2.50.